The number of para-hydroxylation sites is 3. The monoisotopic (exact) mass is 1080 g/mol. The van der Waals surface area contributed by atoms with Gasteiger partial charge in [0.05, 0.1) is 66.9 Å². The molecule has 19 nitrogen and oxygen atoms in total. The Balaban J connectivity index is 0.000000270. The zero-order valence-electron chi connectivity index (χ0n) is 43.3. The van der Waals surface area contributed by atoms with E-state index < -0.39 is 40.9 Å². The van der Waals surface area contributed by atoms with E-state index in [9.17, 15) is 28.8 Å². The Morgan fingerprint density at radius 2 is 0.877 bits per heavy atom. The lowest BCUT2D eigenvalue weighted by Crippen LogP contribution is -2.45. The summed E-state index contributed by atoms with van der Waals surface area (Å²) < 4.78 is 16.0. The average Bonchev–Trinajstić information content (AvgIpc) is 3.30. The van der Waals surface area contributed by atoms with Crippen LogP contribution in [0.3, 0.4) is 0 Å². The van der Waals surface area contributed by atoms with Gasteiger partial charge in [-0.1, -0.05) is 53.0 Å². The number of likely N-dealkylation sites (tertiary alicyclic amines) is 3. The molecule has 0 saturated carbocycles. The zero-order chi connectivity index (χ0) is 55.0. The van der Waals surface area contributed by atoms with Gasteiger partial charge < -0.3 is 67.6 Å². The first-order chi connectivity index (χ1) is 33.8. The fraction of sp³-hybridized carbons (Fsp3) is 0.529. The van der Waals surface area contributed by atoms with Crippen LogP contribution in [0.5, 0.6) is 0 Å². The normalized spacial score (nSPS) is 17.9. The highest BCUT2D eigenvalue weighted by Crippen LogP contribution is 2.31. The van der Waals surface area contributed by atoms with E-state index in [1.165, 1.54) is 4.90 Å². The number of benzene rings is 3. The molecule has 0 unspecified atom stereocenters. The lowest BCUT2D eigenvalue weighted by Gasteiger charge is -2.33. The second-order valence-electron chi connectivity index (χ2n) is 20.8. The molecule has 0 bridgehead atoms. The lowest BCUT2D eigenvalue weighted by molar-refractivity contribution is -0.143. The summed E-state index contributed by atoms with van der Waals surface area (Å²) in [7, 11) is 0. The van der Waals surface area contributed by atoms with Crippen molar-refractivity contribution < 1.29 is 48.1 Å². The summed E-state index contributed by atoms with van der Waals surface area (Å²) in [6.45, 7) is 19.0. The Hall–Kier alpha value is -6.05. The first-order valence-corrected chi connectivity index (χ1v) is 25.1. The van der Waals surface area contributed by atoms with Crippen LogP contribution in [-0.2, 0) is 28.6 Å². The van der Waals surface area contributed by atoms with E-state index in [0.29, 0.717) is 101 Å². The van der Waals surface area contributed by atoms with Crippen LogP contribution in [0.25, 0.3) is 0 Å². The van der Waals surface area contributed by atoms with Gasteiger partial charge in [-0.25, -0.2) is 14.4 Å². The largest absolute Gasteiger partial charge is 0.481 e. The minimum absolute atomic E-state index is 0.169. The van der Waals surface area contributed by atoms with Gasteiger partial charge in [0.2, 0.25) is 11.8 Å². The van der Waals surface area contributed by atoms with E-state index in [0.717, 1.165) is 19.3 Å². The number of rotatable bonds is 5. The molecule has 3 aromatic carbocycles. The molecule has 3 aliphatic heterocycles. The molecule has 73 heavy (non-hydrogen) atoms. The number of ether oxygens (including phenoxy) is 3. The number of amides is 5. The van der Waals surface area contributed by atoms with Crippen molar-refractivity contribution in [1.29, 1.82) is 0 Å². The van der Waals surface area contributed by atoms with Gasteiger partial charge in [0, 0.05) is 39.3 Å². The van der Waals surface area contributed by atoms with Crippen molar-refractivity contribution in [3.63, 3.8) is 0 Å². The Kier molecular flexibility index (Phi) is 22.9. The number of nitrogens with zero attached hydrogens (tertiary/aromatic N) is 3. The second-order valence-corrected chi connectivity index (χ2v) is 22.0. The number of anilines is 6. The summed E-state index contributed by atoms with van der Waals surface area (Å²) >= 11 is 17.7. The molecular weight excluding hydrogens is 1000 g/mol. The number of hydrogen-bond donors (Lipinski definition) is 7. The van der Waals surface area contributed by atoms with Gasteiger partial charge in [0.15, 0.2) is 0 Å². The Bertz CT molecular complexity index is 2350. The molecule has 3 saturated heterocycles. The van der Waals surface area contributed by atoms with Crippen molar-refractivity contribution in [2.75, 3.05) is 72.8 Å². The van der Waals surface area contributed by atoms with Gasteiger partial charge in [-0.2, -0.15) is 0 Å². The predicted molar refractivity (Wildman–Crippen MR) is 288 cm³/mol. The SMILES string of the molecule is CC(C)(C)OC(=O)N1CCC[C@@H](C(=O)Nc2c(N)cccc2Cl)C1.CC(C)(C)OC(=O)N1CCC[C@@H](C(=O)Nc2cccc(Cl)c2N)C1.CC(C)(C)OC(=O)N1CCC[C@@H](C(=O)O)C1.Nc1cccc(Cl)c1N. The standard InChI is InChI=1S/2C17H24ClN3O3.C11H19NO4.C6H7ClN2/c1-17(2,3)24-16(23)21-9-5-6-11(10-21)15(22)20-13-8-4-7-12(18)14(13)19;1-17(2,3)24-16(23)21-9-5-6-11(10-21)15(22)20-14-12(18)7-4-8-13(14)19;1-11(2,3)16-10(15)12-6-4-5-8(7-12)9(13)14;7-4-2-1-3-5(8)6(4)9/h2*4,7-8,11H,5-6,9-10,19H2,1-3H3,(H,20,22);8H,4-7H2,1-3H3,(H,13,14);1-3H,8-9H2/t2*11-;8-;/m111./s1. The molecule has 3 aliphatic rings. The molecule has 5 amide bonds. The van der Waals surface area contributed by atoms with E-state index in [1.807, 2.05) is 41.5 Å². The molecule has 3 aromatic rings. The van der Waals surface area contributed by atoms with Crippen molar-refractivity contribution in [3.05, 3.63) is 69.7 Å². The number of carboxylic acid groups (broad SMARTS) is 1. The van der Waals surface area contributed by atoms with Crippen molar-refractivity contribution in [2.45, 2.75) is 118 Å². The molecule has 404 valence electrons. The third-order valence-electron chi connectivity index (χ3n) is 11.0. The molecule has 0 aliphatic carbocycles. The molecular formula is C51H74Cl3N9O10. The summed E-state index contributed by atoms with van der Waals surface area (Å²) in [5.74, 6) is -2.28. The lowest BCUT2D eigenvalue weighted by atomic mass is 9.97. The highest BCUT2D eigenvalue weighted by molar-refractivity contribution is 6.35. The number of carboxylic acids is 1. The first kappa shape index (κ1) is 61.3. The van der Waals surface area contributed by atoms with Crippen LogP contribution >= 0.6 is 34.8 Å². The average molecular weight is 1080 g/mol. The number of carbonyl (C=O) groups is 6. The Morgan fingerprint density at radius 1 is 0.521 bits per heavy atom. The molecule has 0 aromatic heterocycles. The van der Waals surface area contributed by atoms with Crippen LogP contribution in [0.15, 0.2) is 54.6 Å². The number of piperidine rings is 3. The van der Waals surface area contributed by atoms with Crippen molar-refractivity contribution in [2.24, 2.45) is 17.8 Å². The maximum Gasteiger partial charge on any atom is 0.410 e. The molecule has 3 atom stereocenters. The van der Waals surface area contributed by atoms with E-state index in [2.05, 4.69) is 10.6 Å². The van der Waals surface area contributed by atoms with Crippen LogP contribution in [0.4, 0.5) is 48.5 Å². The molecule has 22 heteroatoms. The predicted octanol–water partition coefficient (Wildman–Crippen LogP) is 10.2. The maximum absolute atomic E-state index is 12.5. The number of carbonyl (C=O) groups excluding carboxylic acids is 5. The van der Waals surface area contributed by atoms with Crippen LogP contribution in [0, 0.1) is 17.8 Å². The smallest absolute Gasteiger partial charge is 0.410 e. The molecule has 0 radical (unpaired) electrons. The second kappa shape index (κ2) is 27.3. The van der Waals surface area contributed by atoms with Gasteiger partial charge in [-0.15, -0.1) is 0 Å². The molecule has 6 rings (SSSR count). The van der Waals surface area contributed by atoms with Crippen LogP contribution in [0.2, 0.25) is 15.1 Å². The van der Waals surface area contributed by atoms with E-state index in [1.54, 1.807) is 85.2 Å². The first-order valence-electron chi connectivity index (χ1n) is 24.0. The van der Waals surface area contributed by atoms with Crippen molar-refractivity contribution in [1.82, 2.24) is 14.7 Å². The van der Waals surface area contributed by atoms with Gasteiger partial charge in [-0.05, 0) is 137 Å². The number of nitrogens with two attached hydrogens (primary N) is 4. The molecule has 3 heterocycles. The highest BCUT2D eigenvalue weighted by Gasteiger charge is 2.34. The maximum atomic E-state index is 12.5. The van der Waals surface area contributed by atoms with Crippen LogP contribution in [0.1, 0.15) is 101 Å². The quantitative estimate of drug-likeness (QED) is 0.0924. The number of nitrogen functional groups attached to an aromatic ring is 4. The summed E-state index contributed by atoms with van der Waals surface area (Å²) in [6, 6.07) is 15.3. The summed E-state index contributed by atoms with van der Waals surface area (Å²) in [5, 5.41) is 15.8. The van der Waals surface area contributed by atoms with Crippen molar-refractivity contribution in [3.8, 4) is 0 Å². The fourth-order valence-corrected chi connectivity index (χ4v) is 7.96. The number of nitrogens with one attached hydrogen (secondary N) is 2. The highest BCUT2D eigenvalue weighted by atomic mass is 35.5. The number of hydrogen-bond acceptors (Lipinski definition) is 13. The van der Waals surface area contributed by atoms with E-state index in [-0.39, 0.29) is 36.3 Å². The number of halogens is 3. The molecule has 11 N–H and O–H groups in total. The van der Waals surface area contributed by atoms with Gasteiger partial charge in [0.1, 0.15) is 16.8 Å². The summed E-state index contributed by atoms with van der Waals surface area (Å²) in [4.78, 5) is 76.5. The zero-order valence-corrected chi connectivity index (χ0v) is 45.6. The van der Waals surface area contributed by atoms with E-state index in [4.69, 9.17) is 77.1 Å². The molecule has 0 spiro atoms. The Labute approximate surface area is 443 Å². The topological polar surface area (TPSA) is 288 Å². The molecule has 3 fully saturated rings. The van der Waals surface area contributed by atoms with E-state index >= 15 is 0 Å². The minimum Gasteiger partial charge on any atom is -0.481 e. The third kappa shape index (κ3) is 21.1. The van der Waals surface area contributed by atoms with Gasteiger partial charge in [0.25, 0.3) is 0 Å². The van der Waals surface area contributed by atoms with Crippen molar-refractivity contribution >= 4 is 105 Å². The summed E-state index contributed by atoms with van der Waals surface area (Å²) in [6.07, 6.45) is 3.07. The van der Waals surface area contributed by atoms with Crippen LogP contribution in [-0.4, -0.2) is 112 Å². The van der Waals surface area contributed by atoms with Crippen LogP contribution < -0.4 is 33.6 Å². The summed E-state index contributed by atoms with van der Waals surface area (Å²) in [5.41, 5.74) is 23.6. The third-order valence-corrected chi connectivity index (χ3v) is 12.0. The Morgan fingerprint density at radius 3 is 1.26 bits per heavy atom. The number of aliphatic carboxylic acids is 1. The van der Waals surface area contributed by atoms with Gasteiger partial charge >= 0.3 is 24.2 Å². The van der Waals surface area contributed by atoms with Gasteiger partial charge in [-0.3, -0.25) is 14.4 Å². The minimum atomic E-state index is -0.840. The fourth-order valence-electron chi connectivity index (χ4n) is 7.37.